The molecule has 1 amide bonds. The van der Waals surface area contributed by atoms with Crippen molar-refractivity contribution < 1.29 is 34.8 Å². The van der Waals surface area contributed by atoms with Gasteiger partial charge in [0.1, 0.15) is 0 Å². The highest BCUT2D eigenvalue weighted by Crippen LogP contribution is 2.44. The molecule has 3 aromatic rings. The lowest BCUT2D eigenvalue weighted by Crippen LogP contribution is -2.38. The van der Waals surface area contributed by atoms with Crippen molar-refractivity contribution in [3.63, 3.8) is 0 Å². The van der Waals surface area contributed by atoms with Crippen molar-refractivity contribution in [2.45, 2.75) is 39.6 Å². The summed E-state index contributed by atoms with van der Waals surface area (Å²) in [5, 5.41) is 5.58. The summed E-state index contributed by atoms with van der Waals surface area (Å²) < 4.78 is 94.0. The van der Waals surface area contributed by atoms with Crippen molar-refractivity contribution in [1.29, 1.82) is 0 Å². The van der Waals surface area contributed by atoms with Crippen LogP contribution in [0, 0.1) is 0 Å². The number of primary sulfonamides is 1. The first-order valence-electron chi connectivity index (χ1n) is 11.4. The molecular formula is C25H21Cl2F3N2O5S2. The summed E-state index contributed by atoms with van der Waals surface area (Å²) in [6, 6.07) is 12.5. The van der Waals surface area contributed by atoms with Crippen LogP contribution in [-0.2, 0) is 26.0 Å². The number of amides is 1. The van der Waals surface area contributed by atoms with Gasteiger partial charge in [-0.25, -0.2) is 22.0 Å². The van der Waals surface area contributed by atoms with Crippen molar-refractivity contribution in [2.75, 3.05) is 13.1 Å². The summed E-state index contributed by atoms with van der Waals surface area (Å²) in [6.45, 7) is 0.0584. The largest absolute Gasteiger partial charge is 0.417 e. The number of hydrogen-bond acceptors (Lipinski definition) is 5. The zero-order chi connectivity index (χ0) is 28.8. The van der Waals surface area contributed by atoms with Gasteiger partial charge in [-0.15, -0.1) is 0 Å². The number of likely N-dealkylation sites (tertiary alicyclic amines) is 1. The topological polar surface area (TPSA) is 115 Å². The van der Waals surface area contributed by atoms with E-state index in [9.17, 15) is 34.8 Å². The van der Waals surface area contributed by atoms with Gasteiger partial charge in [-0.05, 0) is 66.8 Å². The van der Waals surface area contributed by atoms with E-state index >= 15 is 0 Å². The molecule has 2 N–H and O–H groups in total. The van der Waals surface area contributed by atoms with Gasteiger partial charge in [0.25, 0.3) is 5.91 Å². The molecule has 1 aliphatic heterocycles. The summed E-state index contributed by atoms with van der Waals surface area (Å²) >= 11 is 11.9. The molecule has 1 heterocycles. The molecule has 3 aromatic carbocycles. The van der Waals surface area contributed by atoms with Gasteiger partial charge in [-0.2, -0.15) is 13.2 Å². The number of benzene rings is 3. The lowest BCUT2D eigenvalue weighted by atomic mass is 9.86. The Balaban J connectivity index is 1.77. The molecule has 208 valence electrons. The fraction of sp³-hybridized carbons (Fsp3) is 0.240. The normalized spacial score (nSPS) is 15.4. The lowest BCUT2D eigenvalue weighted by Gasteiger charge is -2.34. The number of sulfone groups is 1. The third-order valence-electron chi connectivity index (χ3n) is 6.45. The van der Waals surface area contributed by atoms with Gasteiger partial charge in [0.05, 0.1) is 30.3 Å². The molecule has 1 fully saturated rings. The Labute approximate surface area is 233 Å². The molecule has 39 heavy (non-hydrogen) atoms. The molecular weight excluding hydrogens is 600 g/mol. The smallest absolute Gasteiger partial charge is 0.339 e. The second kappa shape index (κ2) is 10.7. The van der Waals surface area contributed by atoms with Crippen LogP contribution in [0.25, 0.3) is 0 Å². The zero-order valence-corrected chi connectivity index (χ0v) is 23.1. The number of rotatable bonds is 5. The average molecular weight is 621 g/mol. The van der Waals surface area contributed by atoms with Crippen LogP contribution in [0.5, 0.6) is 0 Å². The van der Waals surface area contributed by atoms with Crippen LogP contribution in [0.4, 0.5) is 13.2 Å². The monoisotopic (exact) mass is 620 g/mol. The molecule has 0 unspecified atom stereocenters. The number of nitrogens with two attached hydrogens (primary N) is 1. The Bertz CT molecular complexity index is 1640. The maximum Gasteiger partial charge on any atom is 0.417 e. The number of carbonyl (C=O) groups is 1. The molecule has 0 aromatic heterocycles. The highest BCUT2D eigenvalue weighted by Gasteiger charge is 2.42. The third kappa shape index (κ3) is 6.09. The predicted molar refractivity (Wildman–Crippen MR) is 139 cm³/mol. The second-order valence-corrected chi connectivity index (χ2v) is 13.2. The van der Waals surface area contributed by atoms with E-state index in [2.05, 4.69) is 0 Å². The van der Waals surface area contributed by atoms with Crippen molar-refractivity contribution in [2.24, 2.45) is 5.14 Å². The minimum atomic E-state index is -5.15. The van der Waals surface area contributed by atoms with E-state index in [1.165, 1.54) is 47.4 Å². The summed E-state index contributed by atoms with van der Waals surface area (Å²) in [6.07, 6.45) is -5.14. The van der Waals surface area contributed by atoms with Crippen LogP contribution >= 0.6 is 23.2 Å². The fourth-order valence-corrected chi connectivity index (χ4v) is 7.08. The SMILES string of the molecule is NS(=O)(=O)c1cc(S(=O)(=O)c2ccccc2)cc(C2CCN(C(=O)c3ccc(Cl)c(Cl)c3)CC2)c1C(F)(F)F. The number of hydrogen-bond donors (Lipinski definition) is 1. The van der Waals surface area contributed by atoms with Gasteiger partial charge in [-0.1, -0.05) is 41.4 Å². The minimum absolute atomic E-state index is 0.00897. The van der Waals surface area contributed by atoms with Crippen molar-refractivity contribution >= 4 is 49.0 Å². The van der Waals surface area contributed by atoms with Gasteiger partial charge in [-0.3, -0.25) is 4.79 Å². The molecule has 0 aliphatic carbocycles. The minimum Gasteiger partial charge on any atom is -0.339 e. The second-order valence-electron chi connectivity index (χ2n) is 8.94. The van der Waals surface area contributed by atoms with E-state index in [-0.39, 0.29) is 46.4 Å². The van der Waals surface area contributed by atoms with Gasteiger partial charge >= 0.3 is 6.18 Å². The number of carbonyl (C=O) groups excluding carboxylic acids is 1. The Kier molecular flexibility index (Phi) is 8.08. The van der Waals surface area contributed by atoms with Crippen molar-refractivity contribution in [1.82, 2.24) is 4.90 Å². The molecule has 4 rings (SSSR count). The number of nitrogens with zero attached hydrogens (tertiary/aromatic N) is 1. The van der Waals surface area contributed by atoms with Crippen molar-refractivity contribution in [3.05, 3.63) is 87.4 Å². The number of halogens is 5. The molecule has 1 aliphatic rings. The fourth-order valence-electron chi connectivity index (χ4n) is 4.56. The van der Waals surface area contributed by atoms with Crippen LogP contribution < -0.4 is 5.14 Å². The van der Waals surface area contributed by atoms with Crippen LogP contribution in [0.3, 0.4) is 0 Å². The van der Waals surface area contributed by atoms with Gasteiger partial charge in [0.15, 0.2) is 0 Å². The molecule has 0 atom stereocenters. The first-order valence-corrected chi connectivity index (χ1v) is 15.2. The Morgan fingerprint density at radius 1 is 0.872 bits per heavy atom. The summed E-state index contributed by atoms with van der Waals surface area (Å²) in [7, 11) is -9.37. The zero-order valence-electron chi connectivity index (χ0n) is 20.0. The Morgan fingerprint density at radius 3 is 2.03 bits per heavy atom. The molecule has 0 radical (unpaired) electrons. The number of piperidine rings is 1. The van der Waals surface area contributed by atoms with E-state index in [0.29, 0.717) is 6.07 Å². The van der Waals surface area contributed by atoms with Gasteiger partial charge in [0.2, 0.25) is 19.9 Å². The molecule has 1 saturated heterocycles. The van der Waals surface area contributed by atoms with Crippen LogP contribution in [0.1, 0.15) is 40.2 Å². The van der Waals surface area contributed by atoms with Gasteiger partial charge in [0, 0.05) is 18.7 Å². The maximum absolute atomic E-state index is 14.3. The van der Waals surface area contributed by atoms with E-state index < -0.39 is 58.8 Å². The molecule has 14 heteroatoms. The highest BCUT2D eigenvalue weighted by atomic mass is 35.5. The molecule has 0 bridgehead atoms. The van der Waals surface area contributed by atoms with Crippen LogP contribution in [0.2, 0.25) is 10.0 Å². The van der Waals surface area contributed by atoms with E-state index in [0.717, 1.165) is 6.07 Å². The molecule has 0 spiro atoms. The molecule has 0 saturated carbocycles. The van der Waals surface area contributed by atoms with Gasteiger partial charge < -0.3 is 4.90 Å². The first kappa shape index (κ1) is 29.3. The van der Waals surface area contributed by atoms with E-state index in [4.69, 9.17) is 28.3 Å². The Morgan fingerprint density at radius 2 is 1.49 bits per heavy atom. The third-order valence-corrected chi connectivity index (χ3v) is 9.87. The Hall–Kier alpha value is -2.64. The lowest BCUT2D eigenvalue weighted by molar-refractivity contribution is -0.140. The van der Waals surface area contributed by atoms with Crippen molar-refractivity contribution in [3.8, 4) is 0 Å². The van der Waals surface area contributed by atoms with Crippen LogP contribution in [0.15, 0.2) is 75.4 Å². The summed E-state index contributed by atoms with van der Waals surface area (Å²) in [5.41, 5.74) is -1.78. The standard InChI is InChI=1S/C25H21Cl2F3N2O5S2/c26-20-7-6-16(12-21(20)27)24(33)32-10-8-15(9-11-32)19-13-18(38(34,35)17-4-2-1-3-5-17)14-22(39(31,36)37)23(19)25(28,29)30/h1-7,12-15H,8-11H2,(H2,31,36,37). The van der Waals surface area contributed by atoms with Crippen LogP contribution in [-0.4, -0.2) is 40.7 Å². The predicted octanol–water partition coefficient (Wildman–Crippen LogP) is 5.51. The summed E-state index contributed by atoms with van der Waals surface area (Å²) in [5.74, 6) is -1.32. The number of sulfonamides is 1. The maximum atomic E-state index is 14.3. The first-order chi connectivity index (χ1) is 18.1. The van der Waals surface area contributed by atoms with E-state index in [1.807, 2.05) is 0 Å². The van der Waals surface area contributed by atoms with E-state index in [1.54, 1.807) is 6.07 Å². The average Bonchev–Trinajstić information content (AvgIpc) is 2.88. The number of alkyl halides is 3. The highest BCUT2D eigenvalue weighted by molar-refractivity contribution is 7.91. The summed E-state index contributed by atoms with van der Waals surface area (Å²) in [4.78, 5) is 12.2. The quantitative estimate of drug-likeness (QED) is 0.404. The molecule has 7 nitrogen and oxygen atoms in total.